The Labute approximate surface area is 148 Å². The molecule has 0 saturated carbocycles. The van der Waals surface area contributed by atoms with Crippen LogP contribution in [-0.2, 0) is 4.79 Å². The fourth-order valence-electron chi connectivity index (χ4n) is 2.73. The topological polar surface area (TPSA) is 35.6 Å². The van der Waals surface area contributed by atoms with Gasteiger partial charge < -0.3 is 15.1 Å². The minimum atomic E-state index is -0.287. The van der Waals surface area contributed by atoms with E-state index < -0.39 is 0 Å². The van der Waals surface area contributed by atoms with Gasteiger partial charge in [-0.25, -0.2) is 0 Å². The number of carbonyl (C=O) groups is 1. The lowest BCUT2D eigenvalue weighted by molar-refractivity contribution is -0.127. The molecule has 1 amide bonds. The zero-order valence-electron chi connectivity index (χ0n) is 13.9. The van der Waals surface area contributed by atoms with Gasteiger partial charge in [0.1, 0.15) is 0 Å². The summed E-state index contributed by atoms with van der Waals surface area (Å²) in [4.78, 5) is 16.7. The average Bonchev–Trinajstić information content (AvgIpc) is 2.53. The molecule has 1 N–H and O–H groups in total. The van der Waals surface area contributed by atoms with E-state index >= 15 is 0 Å². The highest BCUT2D eigenvalue weighted by Gasteiger charge is 2.34. The van der Waals surface area contributed by atoms with Crippen LogP contribution in [0.4, 0.5) is 0 Å². The molecule has 1 atom stereocenters. The minimum Gasteiger partial charge on any atom is -0.351 e. The van der Waals surface area contributed by atoms with Crippen molar-refractivity contribution in [1.29, 1.82) is 0 Å². The van der Waals surface area contributed by atoms with Gasteiger partial charge in [-0.15, -0.1) is 0 Å². The van der Waals surface area contributed by atoms with Crippen molar-refractivity contribution in [2.45, 2.75) is 26.8 Å². The van der Waals surface area contributed by atoms with Crippen LogP contribution < -0.4 is 5.32 Å². The molecule has 0 aliphatic carbocycles. The second-order valence-corrected chi connectivity index (χ2v) is 6.30. The van der Waals surface area contributed by atoms with E-state index in [0.29, 0.717) is 28.8 Å². The Hall–Kier alpha value is -1.59. The fraction of sp³-hybridized carbons (Fsp3) is 0.412. The lowest BCUT2D eigenvalue weighted by atomic mass is 9.94. The molecule has 2 rings (SSSR count). The first-order valence-corrected chi connectivity index (χ1v) is 8.49. The summed E-state index contributed by atoms with van der Waals surface area (Å²) < 4.78 is 0. The van der Waals surface area contributed by atoms with Crippen molar-refractivity contribution < 1.29 is 4.79 Å². The molecule has 0 aromatic heterocycles. The zero-order chi connectivity index (χ0) is 17.1. The molecule has 0 unspecified atom stereocenters. The van der Waals surface area contributed by atoms with Crippen molar-refractivity contribution in [3.8, 4) is 0 Å². The molecule has 1 aromatic rings. The third kappa shape index (κ3) is 3.51. The summed E-state index contributed by atoms with van der Waals surface area (Å²) >= 11 is 11.5. The number of nitrogens with zero attached hydrogens (tertiary/aromatic N) is 2. The smallest absolute Gasteiger partial charge is 0.253 e. The fourth-order valence-corrected chi connectivity index (χ4v) is 3.18. The highest BCUT2D eigenvalue weighted by atomic mass is 35.5. The van der Waals surface area contributed by atoms with Crippen LogP contribution in [0.15, 0.2) is 35.5 Å². The summed E-state index contributed by atoms with van der Waals surface area (Å²) in [6.45, 7) is 7.24. The third-order valence-corrected chi connectivity index (χ3v) is 4.84. The van der Waals surface area contributed by atoms with Crippen LogP contribution >= 0.6 is 23.8 Å². The van der Waals surface area contributed by atoms with Crippen LogP contribution in [-0.4, -0.2) is 41.0 Å². The lowest BCUT2D eigenvalue weighted by Gasteiger charge is -2.37. The summed E-state index contributed by atoms with van der Waals surface area (Å²) in [5, 5.41) is 4.51. The van der Waals surface area contributed by atoms with Crippen LogP contribution in [0, 0.1) is 0 Å². The van der Waals surface area contributed by atoms with Gasteiger partial charge in [0, 0.05) is 30.9 Å². The van der Waals surface area contributed by atoms with E-state index in [1.165, 1.54) is 0 Å². The van der Waals surface area contributed by atoms with Crippen molar-refractivity contribution in [3.05, 3.63) is 46.1 Å². The SMILES string of the molecule is CCN(CC)C(=O)C1=C(C)N(C)C(=S)N[C@@H]1c1cccc(Cl)c1. The molecule has 124 valence electrons. The summed E-state index contributed by atoms with van der Waals surface area (Å²) in [5.41, 5.74) is 2.52. The van der Waals surface area contributed by atoms with E-state index in [9.17, 15) is 4.79 Å². The average molecular weight is 352 g/mol. The quantitative estimate of drug-likeness (QED) is 0.844. The third-order valence-electron chi connectivity index (χ3n) is 4.22. The van der Waals surface area contributed by atoms with Gasteiger partial charge in [-0.05, 0) is 50.7 Å². The molecule has 1 aliphatic heterocycles. The van der Waals surface area contributed by atoms with Crippen molar-refractivity contribution in [2.24, 2.45) is 0 Å². The van der Waals surface area contributed by atoms with Crippen molar-refractivity contribution in [3.63, 3.8) is 0 Å². The summed E-state index contributed by atoms with van der Waals surface area (Å²) in [5.74, 6) is 0.0272. The summed E-state index contributed by atoms with van der Waals surface area (Å²) in [6.07, 6.45) is 0. The molecule has 1 aliphatic rings. The van der Waals surface area contributed by atoms with Gasteiger partial charge in [0.2, 0.25) is 0 Å². The van der Waals surface area contributed by atoms with E-state index in [0.717, 1.165) is 11.3 Å². The Morgan fingerprint density at radius 3 is 2.61 bits per heavy atom. The largest absolute Gasteiger partial charge is 0.351 e. The number of nitrogens with one attached hydrogen (secondary N) is 1. The van der Waals surface area contributed by atoms with E-state index in [1.54, 1.807) is 0 Å². The van der Waals surface area contributed by atoms with E-state index in [4.69, 9.17) is 23.8 Å². The number of hydrogen-bond acceptors (Lipinski definition) is 2. The molecule has 1 heterocycles. The predicted octanol–water partition coefficient (Wildman–Crippen LogP) is 3.34. The van der Waals surface area contributed by atoms with E-state index in [1.807, 2.05) is 61.9 Å². The number of amides is 1. The van der Waals surface area contributed by atoms with E-state index in [2.05, 4.69) is 5.32 Å². The minimum absolute atomic E-state index is 0.0272. The number of allylic oxidation sites excluding steroid dienone is 1. The first-order valence-electron chi connectivity index (χ1n) is 7.70. The highest BCUT2D eigenvalue weighted by Crippen LogP contribution is 2.32. The molecule has 0 radical (unpaired) electrons. The van der Waals surface area contributed by atoms with Crippen molar-refractivity contribution in [1.82, 2.24) is 15.1 Å². The maximum atomic E-state index is 13.0. The van der Waals surface area contributed by atoms with Crippen LogP contribution in [0.1, 0.15) is 32.4 Å². The van der Waals surface area contributed by atoms with Crippen LogP contribution in [0.25, 0.3) is 0 Å². The molecule has 23 heavy (non-hydrogen) atoms. The number of carbonyl (C=O) groups excluding carboxylic acids is 1. The van der Waals surface area contributed by atoms with Crippen LogP contribution in [0.5, 0.6) is 0 Å². The standard InChI is InChI=1S/C17H22ClN3OS/c1-5-21(6-2)16(22)14-11(3)20(4)17(23)19-15(14)12-8-7-9-13(18)10-12/h7-10,15H,5-6H2,1-4H3,(H,19,23)/t15-/m1/s1. The Bertz CT molecular complexity index is 655. The Kier molecular flexibility index (Phi) is 5.65. The summed E-state index contributed by atoms with van der Waals surface area (Å²) in [7, 11) is 1.87. The lowest BCUT2D eigenvalue weighted by Crippen LogP contribution is -2.48. The second-order valence-electron chi connectivity index (χ2n) is 5.47. The molecule has 4 nitrogen and oxygen atoms in total. The second kappa shape index (κ2) is 7.32. The van der Waals surface area contributed by atoms with Crippen molar-refractivity contribution >= 4 is 34.8 Å². The molecule has 1 aromatic carbocycles. The monoisotopic (exact) mass is 351 g/mol. The first kappa shape index (κ1) is 17.8. The van der Waals surface area contributed by atoms with Gasteiger partial charge in [0.25, 0.3) is 5.91 Å². The Balaban J connectivity index is 2.54. The van der Waals surface area contributed by atoms with Crippen molar-refractivity contribution in [2.75, 3.05) is 20.1 Å². The molecule has 6 heteroatoms. The molecular weight excluding hydrogens is 330 g/mol. The number of thiocarbonyl (C=S) groups is 1. The molecule has 0 spiro atoms. The number of hydrogen-bond donors (Lipinski definition) is 1. The molecule has 0 saturated heterocycles. The predicted molar refractivity (Wildman–Crippen MR) is 98.3 cm³/mol. The zero-order valence-corrected chi connectivity index (χ0v) is 15.5. The maximum absolute atomic E-state index is 13.0. The number of likely N-dealkylation sites (N-methyl/N-ethyl adjacent to an activating group) is 1. The van der Waals surface area contributed by atoms with E-state index in [-0.39, 0.29) is 11.9 Å². The van der Waals surface area contributed by atoms with Gasteiger partial charge in [-0.2, -0.15) is 0 Å². The Morgan fingerprint density at radius 2 is 2.04 bits per heavy atom. The summed E-state index contributed by atoms with van der Waals surface area (Å²) in [6, 6.07) is 7.25. The van der Waals surface area contributed by atoms with Gasteiger partial charge in [-0.1, -0.05) is 23.7 Å². The number of rotatable bonds is 4. The van der Waals surface area contributed by atoms with Gasteiger partial charge in [-0.3, -0.25) is 4.79 Å². The van der Waals surface area contributed by atoms with Crippen LogP contribution in [0.3, 0.4) is 0 Å². The highest BCUT2D eigenvalue weighted by molar-refractivity contribution is 7.80. The molecule has 0 fully saturated rings. The normalized spacial score (nSPS) is 18.0. The Morgan fingerprint density at radius 1 is 1.39 bits per heavy atom. The maximum Gasteiger partial charge on any atom is 0.253 e. The first-order chi connectivity index (χ1) is 10.9. The molecule has 0 bridgehead atoms. The van der Waals surface area contributed by atoms with Gasteiger partial charge >= 0.3 is 0 Å². The number of benzene rings is 1. The van der Waals surface area contributed by atoms with Gasteiger partial charge in [0.05, 0.1) is 11.6 Å². The van der Waals surface area contributed by atoms with Gasteiger partial charge in [0.15, 0.2) is 5.11 Å². The number of halogens is 1. The molecular formula is C17H22ClN3OS. The van der Waals surface area contributed by atoms with Crippen LogP contribution in [0.2, 0.25) is 5.02 Å².